The molecule has 3 rings (SSSR count). The summed E-state index contributed by atoms with van der Waals surface area (Å²) in [5, 5.41) is 7.37. The van der Waals surface area contributed by atoms with Crippen LogP contribution in [-0.4, -0.2) is 29.0 Å². The molecule has 0 saturated carbocycles. The molecular formula is C19H20N6O. The van der Waals surface area contributed by atoms with Gasteiger partial charge in [0.05, 0.1) is 5.56 Å². The summed E-state index contributed by atoms with van der Waals surface area (Å²) in [7, 11) is 4.04. The lowest BCUT2D eigenvalue weighted by Gasteiger charge is -2.10. The molecule has 3 N–H and O–H groups in total. The van der Waals surface area contributed by atoms with E-state index in [1.807, 2.05) is 44.4 Å². The molecule has 26 heavy (non-hydrogen) atoms. The van der Waals surface area contributed by atoms with Gasteiger partial charge >= 0.3 is 0 Å². The number of aromatic amines is 1. The van der Waals surface area contributed by atoms with Crippen LogP contribution in [0.25, 0.3) is 16.7 Å². The van der Waals surface area contributed by atoms with Crippen LogP contribution in [0.15, 0.2) is 64.8 Å². The van der Waals surface area contributed by atoms with Crippen LogP contribution in [0.5, 0.6) is 0 Å². The highest BCUT2D eigenvalue weighted by Crippen LogP contribution is 2.17. The highest BCUT2D eigenvalue weighted by molar-refractivity contribution is 5.79. The summed E-state index contributed by atoms with van der Waals surface area (Å²) < 4.78 is 0. The second-order valence-electron chi connectivity index (χ2n) is 6.17. The van der Waals surface area contributed by atoms with Gasteiger partial charge in [0.25, 0.3) is 5.56 Å². The van der Waals surface area contributed by atoms with Crippen LogP contribution in [0.3, 0.4) is 0 Å². The van der Waals surface area contributed by atoms with Crippen molar-refractivity contribution in [2.24, 2.45) is 5.11 Å². The van der Waals surface area contributed by atoms with Gasteiger partial charge in [-0.3, -0.25) is 4.79 Å². The van der Waals surface area contributed by atoms with E-state index < -0.39 is 0 Å². The Labute approximate surface area is 150 Å². The fraction of sp³-hybridized carbons (Fsp3) is 0.158. The summed E-state index contributed by atoms with van der Waals surface area (Å²) in [4.78, 5) is 21.2. The summed E-state index contributed by atoms with van der Waals surface area (Å²) in [5.74, 6) is 0. The maximum absolute atomic E-state index is 12.3. The first-order valence-electron chi connectivity index (χ1n) is 8.13. The zero-order valence-corrected chi connectivity index (χ0v) is 14.7. The standard InChI is InChI=1S/C19H20N6O/c1-25(2)12-13-5-7-15(8-6-13)22-11-17(24-20)16-10-14-4-3-9-21-18(14)23-19(16)26/h3-11,20,22H,12H2,1-2H3,(H,21,23,26)/b17-11-,24-20?. The molecular weight excluding hydrogens is 328 g/mol. The first-order chi connectivity index (χ1) is 12.6. The minimum absolute atomic E-state index is 0.245. The van der Waals surface area contributed by atoms with E-state index in [4.69, 9.17) is 5.53 Å². The Morgan fingerprint density at radius 2 is 2.08 bits per heavy atom. The Bertz CT molecular complexity index is 1000. The number of benzene rings is 1. The number of hydrogen-bond donors (Lipinski definition) is 3. The molecule has 0 bridgehead atoms. The van der Waals surface area contributed by atoms with E-state index in [1.54, 1.807) is 24.5 Å². The minimum Gasteiger partial charge on any atom is -0.360 e. The van der Waals surface area contributed by atoms with E-state index in [0.29, 0.717) is 11.2 Å². The number of hydrogen-bond acceptors (Lipinski definition) is 6. The van der Waals surface area contributed by atoms with Crippen molar-refractivity contribution in [1.82, 2.24) is 14.9 Å². The van der Waals surface area contributed by atoms with Crippen LogP contribution in [-0.2, 0) is 6.54 Å². The Balaban J connectivity index is 1.85. The molecule has 0 aliphatic rings. The van der Waals surface area contributed by atoms with Crippen molar-refractivity contribution in [3.63, 3.8) is 0 Å². The molecule has 3 aromatic rings. The van der Waals surface area contributed by atoms with Gasteiger partial charge in [-0.25, -0.2) is 10.5 Å². The summed E-state index contributed by atoms with van der Waals surface area (Å²) >= 11 is 0. The predicted octanol–water partition coefficient (Wildman–Crippen LogP) is 3.43. The number of pyridine rings is 2. The largest absolute Gasteiger partial charge is 0.360 e. The molecule has 0 spiro atoms. The van der Waals surface area contributed by atoms with Crippen molar-refractivity contribution in [1.29, 1.82) is 5.53 Å². The maximum atomic E-state index is 12.3. The second kappa shape index (κ2) is 7.71. The van der Waals surface area contributed by atoms with Gasteiger partial charge in [-0.15, -0.1) is 0 Å². The van der Waals surface area contributed by atoms with Crippen LogP contribution in [0.2, 0.25) is 0 Å². The highest BCUT2D eigenvalue weighted by atomic mass is 16.1. The average molecular weight is 348 g/mol. The average Bonchev–Trinajstić information content (AvgIpc) is 2.63. The van der Waals surface area contributed by atoms with Crippen LogP contribution >= 0.6 is 0 Å². The molecule has 0 fully saturated rings. The van der Waals surface area contributed by atoms with Gasteiger partial charge in [-0.05, 0) is 50.0 Å². The lowest BCUT2D eigenvalue weighted by molar-refractivity contribution is 0.402. The van der Waals surface area contributed by atoms with Gasteiger partial charge < -0.3 is 15.2 Å². The number of aromatic nitrogens is 2. The van der Waals surface area contributed by atoms with Gasteiger partial charge in [0.15, 0.2) is 0 Å². The molecule has 132 valence electrons. The van der Waals surface area contributed by atoms with Crippen molar-refractivity contribution in [2.75, 3.05) is 19.4 Å². The SMILES string of the molecule is CN(C)Cc1ccc(N/C=C(\N=N)c2cc3cccnc3[nH]c2=O)cc1. The van der Waals surface area contributed by atoms with E-state index in [0.717, 1.165) is 17.6 Å². The van der Waals surface area contributed by atoms with Crippen LogP contribution in [0.1, 0.15) is 11.1 Å². The van der Waals surface area contributed by atoms with Crippen LogP contribution in [0.4, 0.5) is 5.69 Å². The summed E-state index contributed by atoms with van der Waals surface area (Å²) in [6.07, 6.45) is 3.17. The van der Waals surface area contributed by atoms with Gasteiger partial charge in [0.2, 0.25) is 0 Å². The van der Waals surface area contributed by atoms with Gasteiger partial charge in [0.1, 0.15) is 11.3 Å². The van der Waals surface area contributed by atoms with Crippen molar-refractivity contribution >= 4 is 22.4 Å². The Hall–Kier alpha value is -3.32. The number of rotatable bonds is 6. The van der Waals surface area contributed by atoms with E-state index in [9.17, 15) is 4.79 Å². The third-order valence-electron chi connectivity index (χ3n) is 3.84. The third kappa shape index (κ3) is 4.01. The fourth-order valence-corrected chi connectivity index (χ4v) is 2.62. The first-order valence-corrected chi connectivity index (χ1v) is 8.13. The Morgan fingerprint density at radius 1 is 1.31 bits per heavy atom. The van der Waals surface area contributed by atoms with Gasteiger partial charge in [-0.1, -0.05) is 12.1 Å². The first kappa shape index (κ1) is 17.5. The summed E-state index contributed by atoms with van der Waals surface area (Å²) in [5.41, 5.74) is 10.2. The quantitative estimate of drug-likeness (QED) is 0.595. The molecule has 7 nitrogen and oxygen atoms in total. The van der Waals surface area contributed by atoms with E-state index in [-0.39, 0.29) is 11.3 Å². The highest BCUT2D eigenvalue weighted by Gasteiger charge is 2.08. The smallest absolute Gasteiger partial charge is 0.259 e. The molecule has 0 amide bonds. The molecule has 0 atom stereocenters. The third-order valence-corrected chi connectivity index (χ3v) is 3.84. The second-order valence-corrected chi connectivity index (χ2v) is 6.17. The maximum Gasteiger partial charge on any atom is 0.259 e. The van der Waals surface area contributed by atoms with Gasteiger partial charge in [-0.2, -0.15) is 5.11 Å². The summed E-state index contributed by atoms with van der Waals surface area (Å²) in [6.45, 7) is 0.865. The number of nitrogens with zero attached hydrogens (tertiary/aromatic N) is 3. The number of fused-ring (bicyclic) bond motifs is 1. The lowest BCUT2D eigenvalue weighted by Crippen LogP contribution is -2.12. The molecule has 2 aromatic heterocycles. The normalized spacial score (nSPS) is 11.7. The minimum atomic E-state index is -0.332. The molecule has 7 heteroatoms. The van der Waals surface area contributed by atoms with Crippen molar-refractivity contribution in [2.45, 2.75) is 6.54 Å². The molecule has 0 unspecified atom stereocenters. The number of nitrogens with one attached hydrogen (secondary N) is 3. The molecule has 0 radical (unpaired) electrons. The number of anilines is 1. The van der Waals surface area contributed by atoms with Crippen LogP contribution < -0.4 is 10.9 Å². The molecule has 0 aliphatic carbocycles. The van der Waals surface area contributed by atoms with Crippen molar-refractivity contribution in [3.8, 4) is 0 Å². The van der Waals surface area contributed by atoms with Crippen molar-refractivity contribution < 1.29 is 0 Å². The summed E-state index contributed by atoms with van der Waals surface area (Å²) in [6, 6.07) is 13.3. The fourth-order valence-electron chi connectivity index (χ4n) is 2.62. The van der Waals surface area contributed by atoms with E-state index >= 15 is 0 Å². The zero-order chi connectivity index (χ0) is 18.5. The molecule has 0 aliphatic heterocycles. The van der Waals surface area contributed by atoms with E-state index in [2.05, 4.69) is 25.3 Å². The zero-order valence-electron chi connectivity index (χ0n) is 14.7. The monoisotopic (exact) mass is 348 g/mol. The molecule has 0 saturated heterocycles. The lowest BCUT2D eigenvalue weighted by atomic mass is 10.1. The van der Waals surface area contributed by atoms with E-state index in [1.165, 1.54) is 5.56 Å². The Kier molecular flexibility index (Phi) is 5.19. The molecule has 1 aromatic carbocycles. The molecule has 2 heterocycles. The van der Waals surface area contributed by atoms with Crippen molar-refractivity contribution in [3.05, 3.63) is 76.3 Å². The van der Waals surface area contributed by atoms with Crippen LogP contribution in [0, 0.1) is 5.53 Å². The topological polar surface area (TPSA) is 97.2 Å². The Morgan fingerprint density at radius 3 is 2.77 bits per heavy atom. The number of H-pyrrole nitrogens is 1. The predicted molar refractivity (Wildman–Crippen MR) is 103 cm³/mol. The van der Waals surface area contributed by atoms with Gasteiger partial charge in [0, 0.05) is 30.0 Å².